The van der Waals surface area contributed by atoms with Gasteiger partial charge in [0.2, 0.25) is 5.91 Å². The molecule has 4 aromatic rings. The summed E-state index contributed by atoms with van der Waals surface area (Å²) in [7, 11) is 0. The molecule has 2 heterocycles. The summed E-state index contributed by atoms with van der Waals surface area (Å²) in [6.07, 6.45) is -0.0170. The van der Waals surface area contributed by atoms with E-state index in [0.29, 0.717) is 18.0 Å². The number of amides is 1. The number of carbonyl (C=O) groups excluding carboxylic acids is 1. The summed E-state index contributed by atoms with van der Waals surface area (Å²) in [5.74, 6) is 0.195. The topological polar surface area (TPSA) is 93.4 Å². The third kappa shape index (κ3) is 5.75. The molecule has 0 aliphatic heterocycles. The van der Waals surface area contributed by atoms with Crippen LogP contribution in [0.15, 0.2) is 53.9 Å². The number of benzene rings is 2. The number of rotatable bonds is 11. The van der Waals surface area contributed by atoms with Crippen molar-refractivity contribution in [2.45, 2.75) is 20.3 Å². The molecule has 0 unspecified atom stereocenters. The number of fused-ring (bicyclic) bond motifs is 1. The van der Waals surface area contributed by atoms with E-state index in [4.69, 9.17) is 10.5 Å². The molecule has 0 saturated carbocycles. The molecule has 0 fully saturated rings. The van der Waals surface area contributed by atoms with Crippen LogP contribution >= 0.6 is 11.3 Å². The minimum atomic E-state index is -0.510. The van der Waals surface area contributed by atoms with Crippen molar-refractivity contribution in [2.75, 3.05) is 31.6 Å². The zero-order chi connectivity index (χ0) is 24.8. The molecule has 0 bridgehead atoms. The maximum absolute atomic E-state index is 14.7. The highest BCUT2D eigenvalue weighted by Gasteiger charge is 2.17. The molecule has 0 radical (unpaired) electrons. The zero-order valence-corrected chi connectivity index (χ0v) is 20.6. The highest BCUT2D eigenvalue weighted by molar-refractivity contribution is 7.17. The molecule has 2 aromatic heterocycles. The molecule has 9 heteroatoms. The minimum Gasteiger partial charge on any atom is -0.492 e. The second-order valence-electron chi connectivity index (χ2n) is 8.01. The van der Waals surface area contributed by atoms with Gasteiger partial charge in [0.1, 0.15) is 23.9 Å². The van der Waals surface area contributed by atoms with Gasteiger partial charge in [-0.05, 0) is 54.4 Å². The number of nitrogens with two attached hydrogens (primary N) is 1. The van der Waals surface area contributed by atoms with Crippen LogP contribution in [0.3, 0.4) is 0 Å². The van der Waals surface area contributed by atoms with Crippen LogP contribution < -0.4 is 15.8 Å². The number of nitrogens with one attached hydrogen (secondary N) is 1. The third-order valence-corrected chi connectivity index (χ3v) is 6.67. The molecular formula is C26H28FN5O2S. The summed E-state index contributed by atoms with van der Waals surface area (Å²) in [5.41, 5.74) is 7.54. The Morgan fingerprint density at radius 3 is 2.69 bits per heavy atom. The summed E-state index contributed by atoms with van der Waals surface area (Å²) in [5, 5.41) is 14.7. The average molecular weight is 494 g/mol. The van der Waals surface area contributed by atoms with Crippen molar-refractivity contribution >= 4 is 38.8 Å². The Kier molecular flexibility index (Phi) is 7.89. The Morgan fingerprint density at radius 1 is 1.14 bits per heavy atom. The van der Waals surface area contributed by atoms with Gasteiger partial charge in [-0.1, -0.05) is 32.0 Å². The number of hydrogen-bond donors (Lipinski definition) is 2. The molecule has 2 aromatic carbocycles. The van der Waals surface area contributed by atoms with Gasteiger partial charge in [0, 0.05) is 17.5 Å². The fourth-order valence-corrected chi connectivity index (χ4v) is 4.75. The number of likely N-dealkylation sites (N-methyl/N-ethyl adjacent to an activating group) is 1. The standard InChI is InChI=1S/C26H28FN5O2S/c1-3-32(4-2)12-13-34-22-8-6-5-7-18(22)24-25-19(11-14-35-25)26(31-30-24)29-21-10-9-17(15-20(21)27)16-23(28)33/h5-11,14-15H,3-4,12-13,16H2,1-2H3,(H2,28,33)(H,29,31). The lowest BCUT2D eigenvalue weighted by Gasteiger charge is -2.19. The third-order valence-electron chi connectivity index (χ3n) is 5.75. The summed E-state index contributed by atoms with van der Waals surface area (Å²) in [6, 6.07) is 14.3. The Balaban J connectivity index is 1.61. The number of thiophene rings is 1. The van der Waals surface area contributed by atoms with Crippen LogP contribution in [0.2, 0.25) is 0 Å². The van der Waals surface area contributed by atoms with E-state index in [1.807, 2.05) is 35.7 Å². The van der Waals surface area contributed by atoms with E-state index < -0.39 is 11.7 Å². The monoisotopic (exact) mass is 493 g/mol. The Labute approximate surface area is 207 Å². The van der Waals surface area contributed by atoms with Gasteiger partial charge in [0.15, 0.2) is 5.82 Å². The van der Waals surface area contributed by atoms with Gasteiger partial charge in [0.05, 0.1) is 16.8 Å². The second kappa shape index (κ2) is 11.2. The number of aromatic nitrogens is 2. The van der Waals surface area contributed by atoms with Gasteiger partial charge in [-0.2, -0.15) is 0 Å². The molecular weight excluding hydrogens is 465 g/mol. The molecule has 0 aliphatic rings. The Hall–Kier alpha value is -3.56. The maximum atomic E-state index is 14.7. The molecule has 1 amide bonds. The first-order chi connectivity index (χ1) is 17.0. The molecule has 7 nitrogen and oxygen atoms in total. The molecule has 0 spiro atoms. The predicted octanol–water partition coefficient (Wildman–Crippen LogP) is 4.99. The van der Waals surface area contributed by atoms with Crippen LogP contribution in [0.4, 0.5) is 15.9 Å². The fourth-order valence-electron chi connectivity index (χ4n) is 3.86. The van der Waals surface area contributed by atoms with Gasteiger partial charge in [-0.3, -0.25) is 4.79 Å². The van der Waals surface area contributed by atoms with E-state index >= 15 is 0 Å². The van der Waals surface area contributed by atoms with Crippen LogP contribution in [0.5, 0.6) is 5.75 Å². The van der Waals surface area contributed by atoms with Crippen molar-refractivity contribution in [1.82, 2.24) is 15.1 Å². The highest BCUT2D eigenvalue weighted by atomic mass is 32.1. The first-order valence-corrected chi connectivity index (χ1v) is 12.4. The molecule has 4 rings (SSSR count). The van der Waals surface area contributed by atoms with E-state index in [-0.39, 0.29) is 12.1 Å². The first kappa shape index (κ1) is 24.6. The summed E-state index contributed by atoms with van der Waals surface area (Å²) < 4.78 is 21.7. The number of nitrogens with zero attached hydrogens (tertiary/aromatic N) is 3. The van der Waals surface area contributed by atoms with Crippen molar-refractivity contribution in [3.8, 4) is 17.0 Å². The fraction of sp³-hybridized carbons (Fsp3) is 0.269. The van der Waals surface area contributed by atoms with Crippen LogP contribution in [0, 0.1) is 5.82 Å². The van der Waals surface area contributed by atoms with Crippen LogP contribution in [-0.4, -0.2) is 47.2 Å². The van der Waals surface area contributed by atoms with Crippen LogP contribution in [-0.2, 0) is 11.2 Å². The number of carbonyl (C=O) groups is 1. The van der Waals surface area contributed by atoms with Crippen molar-refractivity contribution in [3.63, 3.8) is 0 Å². The first-order valence-electron chi connectivity index (χ1n) is 11.5. The lowest BCUT2D eigenvalue weighted by molar-refractivity contribution is -0.117. The van der Waals surface area contributed by atoms with Crippen molar-refractivity contribution in [2.24, 2.45) is 5.73 Å². The van der Waals surface area contributed by atoms with Gasteiger partial charge in [-0.25, -0.2) is 4.39 Å². The molecule has 182 valence electrons. The summed E-state index contributed by atoms with van der Waals surface area (Å²) >= 11 is 1.54. The minimum absolute atomic E-state index is 0.0170. The number of anilines is 2. The van der Waals surface area contributed by atoms with Crippen molar-refractivity contribution < 1.29 is 13.9 Å². The van der Waals surface area contributed by atoms with Gasteiger partial charge < -0.3 is 20.7 Å². The van der Waals surface area contributed by atoms with Gasteiger partial charge >= 0.3 is 0 Å². The quantitative estimate of drug-likeness (QED) is 0.306. The van der Waals surface area contributed by atoms with E-state index in [1.54, 1.807) is 23.5 Å². The highest BCUT2D eigenvalue weighted by Crippen LogP contribution is 2.38. The predicted molar refractivity (Wildman–Crippen MR) is 139 cm³/mol. The number of ether oxygens (including phenoxy) is 1. The van der Waals surface area contributed by atoms with Crippen LogP contribution in [0.1, 0.15) is 19.4 Å². The number of primary amides is 1. The van der Waals surface area contributed by atoms with Crippen LogP contribution in [0.25, 0.3) is 21.3 Å². The van der Waals surface area contributed by atoms with E-state index in [1.165, 1.54) is 6.07 Å². The second-order valence-corrected chi connectivity index (χ2v) is 8.93. The maximum Gasteiger partial charge on any atom is 0.221 e. The number of halogens is 1. The Morgan fingerprint density at radius 2 is 1.94 bits per heavy atom. The van der Waals surface area contributed by atoms with Gasteiger partial charge in [-0.15, -0.1) is 21.5 Å². The van der Waals surface area contributed by atoms with E-state index in [9.17, 15) is 9.18 Å². The molecule has 0 aliphatic carbocycles. The average Bonchev–Trinajstić information content (AvgIpc) is 3.34. The molecule has 35 heavy (non-hydrogen) atoms. The lowest BCUT2D eigenvalue weighted by atomic mass is 10.1. The van der Waals surface area contributed by atoms with Crippen molar-refractivity contribution in [1.29, 1.82) is 0 Å². The van der Waals surface area contributed by atoms with Crippen molar-refractivity contribution in [3.05, 3.63) is 65.3 Å². The molecule has 0 atom stereocenters. The zero-order valence-electron chi connectivity index (χ0n) is 19.8. The SMILES string of the molecule is CCN(CC)CCOc1ccccc1-c1nnc(Nc2ccc(CC(N)=O)cc2F)c2ccsc12. The molecule has 3 N–H and O–H groups in total. The smallest absolute Gasteiger partial charge is 0.221 e. The number of hydrogen-bond acceptors (Lipinski definition) is 7. The largest absolute Gasteiger partial charge is 0.492 e. The molecule has 0 saturated heterocycles. The normalized spacial score (nSPS) is 11.2. The van der Waals surface area contributed by atoms with E-state index in [0.717, 1.165) is 46.7 Å². The lowest BCUT2D eigenvalue weighted by Crippen LogP contribution is -2.27. The van der Waals surface area contributed by atoms with Gasteiger partial charge in [0.25, 0.3) is 0 Å². The van der Waals surface area contributed by atoms with E-state index in [2.05, 4.69) is 34.3 Å². The summed E-state index contributed by atoms with van der Waals surface area (Å²) in [4.78, 5) is 13.4. The summed E-state index contributed by atoms with van der Waals surface area (Å²) in [6.45, 7) is 7.64. The number of para-hydroxylation sites is 1. The Bertz CT molecular complexity index is 1320.